The third kappa shape index (κ3) is 2.36. The summed E-state index contributed by atoms with van der Waals surface area (Å²) in [5, 5.41) is 20.2. The van der Waals surface area contributed by atoms with Crippen LogP contribution in [0.1, 0.15) is 19.4 Å². The minimum absolute atomic E-state index is 0.0230. The highest BCUT2D eigenvalue weighted by atomic mass is 16.8. The molecule has 0 saturated heterocycles. The molecule has 0 bridgehead atoms. The Morgan fingerprint density at radius 3 is 2.89 bits per heavy atom. The number of benzene rings is 1. The number of aliphatic hydroxyl groups is 1. The monoisotopic (exact) mass is 255 g/mol. The Morgan fingerprint density at radius 1 is 1.56 bits per heavy atom. The lowest BCUT2D eigenvalue weighted by Crippen LogP contribution is -2.25. The highest BCUT2D eigenvalue weighted by Crippen LogP contribution is 2.42. The molecule has 7 nitrogen and oxygen atoms in total. The Hall–Kier alpha value is -1.86. The van der Waals surface area contributed by atoms with Crippen molar-refractivity contribution < 1.29 is 24.2 Å². The van der Waals surface area contributed by atoms with E-state index < -0.39 is 11.4 Å². The first-order valence-electron chi connectivity index (χ1n) is 5.42. The largest absolute Gasteiger partial charge is 0.482 e. The molecule has 0 aromatic heterocycles. The summed E-state index contributed by atoms with van der Waals surface area (Å²) >= 11 is 0. The smallest absolute Gasteiger partial charge is 0.314 e. The highest BCUT2D eigenvalue weighted by molar-refractivity contribution is 5.59. The Balaban J connectivity index is 2.51. The number of rotatable bonds is 3. The van der Waals surface area contributed by atoms with E-state index in [0.717, 1.165) is 0 Å². The number of nitro groups is 1. The minimum Gasteiger partial charge on any atom is -0.482 e. The summed E-state index contributed by atoms with van der Waals surface area (Å²) < 4.78 is 15.4. The summed E-state index contributed by atoms with van der Waals surface area (Å²) in [6.45, 7) is 2.18. The average Bonchev–Trinajstić information content (AvgIpc) is 2.28. The van der Waals surface area contributed by atoms with Crippen molar-refractivity contribution in [2.75, 3.05) is 0 Å². The summed E-state index contributed by atoms with van der Waals surface area (Å²) in [4.78, 5) is 10.4. The third-order valence-corrected chi connectivity index (χ3v) is 2.32. The zero-order valence-corrected chi connectivity index (χ0v) is 9.95. The van der Waals surface area contributed by atoms with Gasteiger partial charge in [-0.15, -0.1) is 0 Å². The van der Waals surface area contributed by atoms with Gasteiger partial charge in [0.1, 0.15) is 0 Å². The number of hydrogen-bond donors (Lipinski definition) is 1. The fourth-order valence-corrected chi connectivity index (χ4v) is 1.63. The van der Waals surface area contributed by atoms with Gasteiger partial charge in [-0.25, -0.2) is 0 Å². The van der Waals surface area contributed by atoms with Crippen LogP contribution in [0.15, 0.2) is 12.1 Å². The standard InChI is InChI=1S/C11H13NO6/c1-6(2)17-10-8(12(14)15)4-3-7-5-16-11(13)18-9(7)10/h3-4,6,11,13H,5H2,1-2H3. The van der Waals surface area contributed by atoms with E-state index in [0.29, 0.717) is 5.56 Å². The molecule has 18 heavy (non-hydrogen) atoms. The van der Waals surface area contributed by atoms with Crippen LogP contribution in [0.25, 0.3) is 0 Å². The summed E-state index contributed by atoms with van der Waals surface area (Å²) in [6, 6.07) is 2.85. The van der Waals surface area contributed by atoms with Crippen molar-refractivity contribution in [1.82, 2.24) is 0 Å². The van der Waals surface area contributed by atoms with Crippen LogP contribution in [0, 0.1) is 10.1 Å². The molecule has 1 atom stereocenters. The first kappa shape index (κ1) is 12.6. The average molecular weight is 255 g/mol. The third-order valence-electron chi connectivity index (χ3n) is 2.32. The molecule has 2 rings (SSSR count). The Labute approximate surface area is 103 Å². The lowest BCUT2D eigenvalue weighted by atomic mass is 10.1. The Morgan fingerprint density at radius 2 is 2.28 bits per heavy atom. The van der Waals surface area contributed by atoms with Crippen molar-refractivity contribution in [2.24, 2.45) is 0 Å². The van der Waals surface area contributed by atoms with Crippen molar-refractivity contribution in [3.8, 4) is 11.5 Å². The first-order chi connectivity index (χ1) is 8.49. The summed E-state index contributed by atoms with van der Waals surface area (Å²) in [5.74, 6) is 0.187. The van der Waals surface area contributed by atoms with E-state index in [-0.39, 0.29) is 29.9 Å². The van der Waals surface area contributed by atoms with Crippen molar-refractivity contribution in [3.63, 3.8) is 0 Å². The van der Waals surface area contributed by atoms with Gasteiger partial charge in [-0.2, -0.15) is 0 Å². The maximum atomic E-state index is 10.9. The fraction of sp³-hybridized carbons (Fsp3) is 0.455. The van der Waals surface area contributed by atoms with Gasteiger partial charge in [0.2, 0.25) is 5.75 Å². The van der Waals surface area contributed by atoms with Crippen LogP contribution in [0.3, 0.4) is 0 Å². The number of fused-ring (bicyclic) bond motifs is 1. The normalized spacial score (nSPS) is 18.1. The van der Waals surface area contributed by atoms with E-state index in [4.69, 9.17) is 14.2 Å². The molecular formula is C11H13NO6. The Kier molecular flexibility index (Phi) is 3.35. The van der Waals surface area contributed by atoms with Crippen molar-refractivity contribution in [1.29, 1.82) is 0 Å². The van der Waals surface area contributed by atoms with Crippen LogP contribution >= 0.6 is 0 Å². The molecule has 0 spiro atoms. The topological polar surface area (TPSA) is 91.1 Å². The SMILES string of the molecule is CC(C)Oc1c([N+](=O)[O-])ccc2c1OC(O)OC2. The number of ether oxygens (including phenoxy) is 3. The van der Waals surface area contributed by atoms with Crippen LogP contribution in [0.5, 0.6) is 11.5 Å². The van der Waals surface area contributed by atoms with Crippen LogP contribution < -0.4 is 9.47 Å². The Bertz CT molecular complexity index is 473. The first-order valence-corrected chi connectivity index (χ1v) is 5.42. The molecule has 0 fully saturated rings. The molecule has 0 saturated carbocycles. The lowest BCUT2D eigenvalue weighted by molar-refractivity contribution is -0.386. The minimum atomic E-state index is -1.44. The molecule has 98 valence electrons. The molecule has 1 N–H and O–H groups in total. The van der Waals surface area contributed by atoms with Crippen LogP contribution in [0.2, 0.25) is 0 Å². The van der Waals surface area contributed by atoms with Crippen molar-refractivity contribution >= 4 is 5.69 Å². The van der Waals surface area contributed by atoms with Crippen molar-refractivity contribution in [3.05, 3.63) is 27.8 Å². The van der Waals surface area contributed by atoms with Gasteiger partial charge in [0.05, 0.1) is 17.6 Å². The zero-order valence-electron chi connectivity index (χ0n) is 9.95. The molecule has 0 amide bonds. The van der Waals surface area contributed by atoms with Gasteiger partial charge in [0.25, 0.3) is 0 Å². The van der Waals surface area contributed by atoms with Crippen LogP contribution in [0.4, 0.5) is 5.69 Å². The van der Waals surface area contributed by atoms with Gasteiger partial charge < -0.3 is 19.3 Å². The number of nitro benzene ring substituents is 1. The second kappa shape index (κ2) is 4.79. The van der Waals surface area contributed by atoms with E-state index in [1.54, 1.807) is 13.8 Å². The second-order valence-corrected chi connectivity index (χ2v) is 4.06. The zero-order chi connectivity index (χ0) is 13.3. The summed E-state index contributed by atoms with van der Waals surface area (Å²) in [7, 11) is 0. The quantitative estimate of drug-likeness (QED) is 0.651. The van der Waals surface area contributed by atoms with Crippen LogP contribution in [-0.4, -0.2) is 22.6 Å². The van der Waals surface area contributed by atoms with Gasteiger partial charge in [0.15, 0.2) is 5.75 Å². The lowest BCUT2D eigenvalue weighted by Gasteiger charge is -2.24. The molecule has 1 aromatic carbocycles. The van der Waals surface area contributed by atoms with E-state index in [2.05, 4.69) is 0 Å². The molecule has 1 heterocycles. The van der Waals surface area contributed by atoms with E-state index in [9.17, 15) is 15.2 Å². The maximum absolute atomic E-state index is 10.9. The van der Waals surface area contributed by atoms with Gasteiger partial charge in [0, 0.05) is 11.6 Å². The van der Waals surface area contributed by atoms with Gasteiger partial charge in [-0.1, -0.05) is 0 Å². The maximum Gasteiger partial charge on any atom is 0.314 e. The van der Waals surface area contributed by atoms with Gasteiger partial charge >= 0.3 is 12.2 Å². The van der Waals surface area contributed by atoms with Crippen LogP contribution in [-0.2, 0) is 11.3 Å². The molecule has 1 aliphatic heterocycles. The predicted octanol–water partition coefficient (Wildman–Crippen LogP) is 1.57. The molecule has 7 heteroatoms. The van der Waals surface area contributed by atoms with Crippen molar-refractivity contribution in [2.45, 2.75) is 33.0 Å². The number of aliphatic hydroxyl groups excluding tert-OH is 1. The second-order valence-electron chi connectivity index (χ2n) is 4.06. The molecule has 1 aliphatic rings. The molecular weight excluding hydrogens is 242 g/mol. The van der Waals surface area contributed by atoms with Gasteiger partial charge in [-0.3, -0.25) is 10.1 Å². The number of nitrogens with zero attached hydrogens (tertiary/aromatic N) is 1. The van der Waals surface area contributed by atoms with E-state index in [1.807, 2.05) is 0 Å². The fourth-order valence-electron chi connectivity index (χ4n) is 1.63. The molecule has 0 aliphatic carbocycles. The van der Waals surface area contributed by atoms with E-state index in [1.165, 1.54) is 12.1 Å². The number of hydrogen-bond acceptors (Lipinski definition) is 6. The van der Waals surface area contributed by atoms with E-state index >= 15 is 0 Å². The predicted molar refractivity (Wildman–Crippen MR) is 60.3 cm³/mol. The molecule has 1 unspecified atom stereocenters. The van der Waals surface area contributed by atoms with Gasteiger partial charge in [-0.05, 0) is 19.9 Å². The summed E-state index contributed by atoms with van der Waals surface area (Å²) in [6.07, 6.45) is -0.251. The molecule has 0 radical (unpaired) electrons. The highest BCUT2D eigenvalue weighted by Gasteiger charge is 2.29. The summed E-state index contributed by atoms with van der Waals surface area (Å²) in [5.41, 5.74) is 0.401. The molecule has 1 aromatic rings.